The topological polar surface area (TPSA) is 41.1 Å². The van der Waals surface area contributed by atoms with Gasteiger partial charge in [-0.15, -0.1) is 0 Å². The van der Waals surface area contributed by atoms with E-state index in [2.05, 4.69) is 17.6 Å². The summed E-state index contributed by atoms with van der Waals surface area (Å²) in [6.07, 6.45) is 7.60. The van der Waals surface area contributed by atoms with E-state index in [0.717, 1.165) is 31.6 Å². The molecule has 0 atom stereocenters. The van der Waals surface area contributed by atoms with Crippen LogP contribution >= 0.6 is 0 Å². The Morgan fingerprint density at radius 3 is 2.41 bits per heavy atom. The van der Waals surface area contributed by atoms with Crippen LogP contribution in [-0.2, 0) is 4.79 Å². The molecule has 17 heavy (non-hydrogen) atoms. The summed E-state index contributed by atoms with van der Waals surface area (Å²) >= 11 is 0. The molecule has 98 valence electrons. The maximum absolute atomic E-state index is 11.7. The fourth-order valence-electron chi connectivity index (χ4n) is 1.92. The van der Waals surface area contributed by atoms with Crippen molar-refractivity contribution in [2.24, 2.45) is 0 Å². The highest BCUT2D eigenvalue weighted by Gasteiger charge is 2.15. The summed E-state index contributed by atoms with van der Waals surface area (Å²) < 4.78 is 0. The lowest BCUT2D eigenvalue weighted by molar-refractivity contribution is -0.117. The summed E-state index contributed by atoms with van der Waals surface area (Å²) in [5.74, 6) is 0.120. The summed E-state index contributed by atoms with van der Waals surface area (Å²) in [5.41, 5.74) is 2.17. The minimum atomic E-state index is 0.120. The largest absolute Gasteiger partial charge is 0.352 e. The molecule has 0 saturated carbocycles. The number of rotatable bonds is 8. The van der Waals surface area contributed by atoms with Crippen LogP contribution in [0, 0.1) is 0 Å². The van der Waals surface area contributed by atoms with Gasteiger partial charge in [0.25, 0.3) is 0 Å². The van der Waals surface area contributed by atoms with Crippen molar-refractivity contribution in [3.05, 3.63) is 11.1 Å². The fourth-order valence-corrected chi connectivity index (χ4v) is 1.92. The molecular weight excluding hydrogens is 212 g/mol. The number of carbonyl (C=O) groups excluding carboxylic acids is 1. The number of hydrogen-bond donors (Lipinski definition) is 2. The minimum Gasteiger partial charge on any atom is -0.352 e. The van der Waals surface area contributed by atoms with Crippen LogP contribution in [0.25, 0.3) is 0 Å². The van der Waals surface area contributed by atoms with Crippen molar-refractivity contribution in [1.29, 1.82) is 0 Å². The number of unbranched alkanes of at least 4 members (excludes halogenated alkanes) is 5. The molecule has 0 bridgehead atoms. The van der Waals surface area contributed by atoms with E-state index in [4.69, 9.17) is 0 Å². The van der Waals surface area contributed by atoms with Gasteiger partial charge in [-0.1, -0.05) is 39.0 Å². The molecule has 0 unspecified atom stereocenters. The molecular formula is C14H26N2O. The molecule has 0 spiro atoms. The second-order valence-electron chi connectivity index (χ2n) is 4.86. The Labute approximate surface area is 105 Å². The maximum Gasteiger partial charge on any atom is 0.246 e. The first-order valence-electron chi connectivity index (χ1n) is 6.93. The van der Waals surface area contributed by atoms with Crippen molar-refractivity contribution in [2.45, 2.75) is 52.4 Å². The van der Waals surface area contributed by atoms with Crippen LogP contribution in [0.2, 0.25) is 0 Å². The number of nitrogens with one attached hydrogen (secondary N) is 2. The number of amides is 1. The Balaban J connectivity index is 2.01. The summed E-state index contributed by atoms with van der Waals surface area (Å²) in [5, 5.41) is 6.15. The van der Waals surface area contributed by atoms with Crippen LogP contribution in [-0.4, -0.2) is 25.5 Å². The lowest BCUT2D eigenvalue weighted by atomic mass is 10.0. The van der Waals surface area contributed by atoms with Gasteiger partial charge in [-0.2, -0.15) is 0 Å². The van der Waals surface area contributed by atoms with Gasteiger partial charge in [0.15, 0.2) is 0 Å². The summed E-state index contributed by atoms with van der Waals surface area (Å²) in [4.78, 5) is 11.7. The Kier molecular flexibility index (Phi) is 6.94. The third kappa shape index (κ3) is 5.35. The Morgan fingerprint density at radius 1 is 1.18 bits per heavy atom. The van der Waals surface area contributed by atoms with E-state index >= 15 is 0 Å². The molecule has 1 rings (SSSR count). The Morgan fingerprint density at radius 2 is 1.82 bits per heavy atom. The average Bonchev–Trinajstić information content (AvgIpc) is 2.25. The first kappa shape index (κ1) is 14.2. The highest BCUT2D eigenvalue weighted by molar-refractivity contribution is 5.93. The molecule has 1 saturated heterocycles. The molecule has 2 N–H and O–H groups in total. The SMILES string of the molecule is CCCCCCCCNC(=O)C(C)=C1CNC1. The quantitative estimate of drug-likeness (QED) is 0.503. The molecule has 1 fully saturated rings. The van der Waals surface area contributed by atoms with Crippen LogP contribution in [0.1, 0.15) is 52.4 Å². The molecule has 0 aliphatic carbocycles. The second-order valence-corrected chi connectivity index (χ2v) is 4.86. The lowest BCUT2D eigenvalue weighted by Crippen LogP contribution is -2.37. The van der Waals surface area contributed by atoms with Crippen molar-refractivity contribution in [3.63, 3.8) is 0 Å². The van der Waals surface area contributed by atoms with Gasteiger partial charge in [0, 0.05) is 25.2 Å². The highest BCUT2D eigenvalue weighted by atomic mass is 16.1. The molecule has 1 aliphatic heterocycles. The van der Waals surface area contributed by atoms with E-state index in [1.165, 1.54) is 37.7 Å². The van der Waals surface area contributed by atoms with Crippen LogP contribution in [0.4, 0.5) is 0 Å². The van der Waals surface area contributed by atoms with Gasteiger partial charge < -0.3 is 10.6 Å². The van der Waals surface area contributed by atoms with Gasteiger partial charge in [0.1, 0.15) is 0 Å². The minimum absolute atomic E-state index is 0.120. The van der Waals surface area contributed by atoms with Gasteiger partial charge in [0.2, 0.25) is 5.91 Å². The zero-order valence-corrected chi connectivity index (χ0v) is 11.3. The molecule has 0 aromatic heterocycles. The fraction of sp³-hybridized carbons (Fsp3) is 0.786. The second kappa shape index (κ2) is 8.29. The standard InChI is InChI=1S/C14H26N2O/c1-3-4-5-6-7-8-9-16-14(17)12(2)13-10-15-11-13/h15H,3-11H2,1-2H3,(H,16,17). The predicted molar refractivity (Wildman–Crippen MR) is 72.0 cm³/mol. The molecule has 1 aliphatic rings. The maximum atomic E-state index is 11.7. The van der Waals surface area contributed by atoms with Gasteiger partial charge >= 0.3 is 0 Å². The Bertz CT molecular complexity index is 265. The van der Waals surface area contributed by atoms with E-state index in [1.807, 2.05) is 6.92 Å². The van der Waals surface area contributed by atoms with E-state index in [0.29, 0.717) is 0 Å². The van der Waals surface area contributed by atoms with Gasteiger partial charge in [-0.05, 0) is 18.9 Å². The molecule has 3 heteroatoms. The van der Waals surface area contributed by atoms with Crippen LogP contribution in [0.3, 0.4) is 0 Å². The number of hydrogen-bond acceptors (Lipinski definition) is 2. The average molecular weight is 238 g/mol. The third-order valence-electron chi connectivity index (χ3n) is 3.36. The van der Waals surface area contributed by atoms with Gasteiger partial charge in [-0.3, -0.25) is 4.79 Å². The zero-order chi connectivity index (χ0) is 12.5. The van der Waals surface area contributed by atoms with Crippen molar-refractivity contribution < 1.29 is 4.79 Å². The van der Waals surface area contributed by atoms with Crippen molar-refractivity contribution in [3.8, 4) is 0 Å². The van der Waals surface area contributed by atoms with E-state index in [9.17, 15) is 4.79 Å². The smallest absolute Gasteiger partial charge is 0.246 e. The first-order chi connectivity index (χ1) is 8.25. The highest BCUT2D eigenvalue weighted by Crippen LogP contribution is 2.09. The van der Waals surface area contributed by atoms with Crippen LogP contribution in [0.5, 0.6) is 0 Å². The predicted octanol–water partition coefficient (Wildman–Crippen LogP) is 2.38. The van der Waals surface area contributed by atoms with Crippen LogP contribution in [0.15, 0.2) is 11.1 Å². The van der Waals surface area contributed by atoms with Crippen molar-refractivity contribution >= 4 is 5.91 Å². The molecule has 1 amide bonds. The van der Waals surface area contributed by atoms with Gasteiger partial charge in [0.05, 0.1) is 0 Å². The molecule has 1 heterocycles. The van der Waals surface area contributed by atoms with E-state index in [1.54, 1.807) is 0 Å². The molecule has 0 radical (unpaired) electrons. The van der Waals surface area contributed by atoms with E-state index < -0.39 is 0 Å². The number of carbonyl (C=O) groups is 1. The van der Waals surface area contributed by atoms with E-state index in [-0.39, 0.29) is 5.91 Å². The first-order valence-corrected chi connectivity index (χ1v) is 6.93. The zero-order valence-electron chi connectivity index (χ0n) is 11.3. The molecule has 0 aromatic rings. The third-order valence-corrected chi connectivity index (χ3v) is 3.36. The molecule has 3 nitrogen and oxygen atoms in total. The van der Waals surface area contributed by atoms with Crippen LogP contribution < -0.4 is 10.6 Å². The molecule has 0 aromatic carbocycles. The Hall–Kier alpha value is -0.830. The summed E-state index contributed by atoms with van der Waals surface area (Å²) in [6.45, 7) is 6.74. The van der Waals surface area contributed by atoms with Crippen molar-refractivity contribution in [2.75, 3.05) is 19.6 Å². The van der Waals surface area contributed by atoms with Crippen molar-refractivity contribution in [1.82, 2.24) is 10.6 Å². The normalized spacial score (nSPS) is 14.4. The van der Waals surface area contributed by atoms with Gasteiger partial charge in [-0.25, -0.2) is 0 Å². The monoisotopic (exact) mass is 238 g/mol. The summed E-state index contributed by atoms with van der Waals surface area (Å²) in [6, 6.07) is 0. The lowest BCUT2D eigenvalue weighted by Gasteiger charge is -2.21. The summed E-state index contributed by atoms with van der Waals surface area (Å²) in [7, 11) is 0.